The van der Waals surface area contributed by atoms with Crippen molar-refractivity contribution in [3.8, 4) is 0 Å². The minimum atomic E-state index is -0.423. The number of carbonyl (C=O) groups is 2. The van der Waals surface area contributed by atoms with Crippen molar-refractivity contribution in [2.24, 2.45) is 5.41 Å². The van der Waals surface area contributed by atoms with Gasteiger partial charge in [0.2, 0.25) is 0 Å². The second kappa shape index (κ2) is 5.89. The number of allylic oxidation sites excluding steroid dienone is 4. The van der Waals surface area contributed by atoms with E-state index in [9.17, 15) is 9.59 Å². The number of rotatable bonds is 2. The van der Waals surface area contributed by atoms with Crippen LogP contribution in [0.25, 0.3) is 0 Å². The fourth-order valence-corrected chi connectivity index (χ4v) is 4.01. The molecule has 0 amide bonds. The second-order valence-electron chi connectivity index (χ2n) is 7.28. The lowest BCUT2D eigenvalue weighted by Crippen LogP contribution is -2.40. The third-order valence-corrected chi connectivity index (χ3v) is 5.44. The molecule has 0 bridgehead atoms. The van der Waals surface area contributed by atoms with Gasteiger partial charge in [0.1, 0.15) is 0 Å². The van der Waals surface area contributed by atoms with Gasteiger partial charge in [0.25, 0.3) is 0 Å². The first-order valence-corrected chi connectivity index (χ1v) is 8.63. The summed E-state index contributed by atoms with van der Waals surface area (Å²) in [6.45, 7) is 7.39. The summed E-state index contributed by atoms with van der Waals surface area (Å²) in [4.78, 5) is 25.5. The van der Waals surface area contributed by atoms with E-state index in [2.05, 4.69) is 5.32 Å². The molecule has 1 aromatic carbocycles. The van der Waals surface area contributed by atoms with Crippen molar-refractivity contribution < 1.29 is 9.59 Å². The fraction of sp³-hybridized carbons (Fsp3) is 0.400. The van der Waals surface area contributed by atoms with E-state index in [4.69, 9.17) is 11.6 Å². The Labute approximate surface area is 147 Å². The van der Waals surface area contributed by atoms with Gasteiger partial charge in [-0.25, -0.2) is 0 Å². The van der Waals surface area contributed by atoms with Crippen LogP contribution in [-0.2, 0) is 9.59 Å². The molecule has 1 aliphatic heterocycles. The zero-order valence-electron chi connectivity index (χ0n) is 14.5. The van der Waals surface area contributed by atoms with Crippen LogP contribution in [0.1, 0.15) is 52.0 Å². The maximum absolute atomic E-state index is 13.2. The Kier molecular flexibility index (Phi) is 4.16. The van der Waals surface area contributed by atoms with E-state index in [1.54, 1.807) is 6.92 Å². The zero-order valence-corrected chi connectivity index (χ0v) is 15.3. The fourth-order valence-electron chi connectivity index (χ4n) is 3.76. The Balaban J connectivity index is 2.26. The first-order chi connectivity index (χ1) is 11.2. The van der Waals surface area contributed by atoms with Crippen molar-refractivity contribution in [3.05, 3.63) is 57.4 Å². The molecule has 0 saturated heterocycles. The largest absolute Gasteiger partial charge is 0.362 e. The minimum absolute atomic E-state index is 0.0346. The molecule has 0 saturated carbocycles. The van der Waals surface area contributed by atoms with E-state index in [0.29, 0.717) is 16.2 Å². The van der Waals surface area contributed by atoms with Crippen molar-refractivity contribution >= 4 is 23.2 Å². The number of dihydropyridines is 1. The highest BCUT2D eigenvalue weighted by Crippen LogP contribution is 2.48. The molecule has 1 unspecified atom stereocenters. The average molecular weight is 344 g/mol. The molecule has 24 heavy (non-hydrogen) atoms. The van der Waals surface area contributed by atoms with Gasteiger partial charge in [0.15, 0.2) is 11.6 Å². The number of hydrogen-bond acceptors (Lipinski definition) is 3. The van der Waals surface area contributed by atoms with Crippen LogP contribution >= 0.6 is 11.6 Å². The summed E-state index contributed by atoms with van der Waals surface area (Å²) in [5, 5.41) is 3.89. The van der Waals surface area contributed by atoms with Gasteiger partial charge in [0, 0.05) is 38.9 Å². The van der Waals surface area contributed by atoms with Gasteiger partial charge in [-0.1, -0.05) is 43.6 Å². The summed E-state index contributed by atoms with van der Waals surface area (Å²) in [5.74, 6) is -0.320. The van der Waals surface area contributed by atoms with Crippen LogP contribution in [-0.4, -0.2) is 11.6 Å². The molecule has 1 aromatic rings. The van der Waals surface area contributed by atoms with E-state index in [-0.39, 0.29) is 17.5 Å². The topological polar surface area (TPSA) is 46.2 Å². The molecular weight excluding hydrogens is 322 g/mol. The average Bonchev–Trinajstić information content (AvgIpc) is 2.50. The molecule has 1 aliphatic carbocycles. The predicted molar refractivity (Wildman–Crippen MR) is 95.8 cm³/mol. The maximum atomic E-state index is 13.2. The lowest BCUT2D eigenvalue weighted by atomic mass is 9.67. The van der Waals surface area contributed by atoms with Crippen LogP contribution in [0.4, 0.5) is 0 Å². The molecule has 1 heterocycles. The lowest BCUT2D eigenvalue weighted by Gasteiger charge is -2.39. The molecule has 126 valence electrons. The second-order valence-corrected chi connectivity index (χ2v) is 7.69. The molecule has 4 heteroatoms. The normalized spacial score (nSPS) is 23.0. The Bertz CT molecular complexity index is 802. The van der Waals surface area contributed by atoms with Crippen LogP contribution in [0.15, 0.2) is 46.8 Å². The third kappa shape index (κ3) is 2.61. The van der Waals surface area contributed by atoms with Crippen LogP contribution in [0, 0.1) is 5.41 Å². The molecular formula is C20H22ClNO2. The highest BCUT2D eigenvalue weighted by Gasteiger charge is 2.44. The molecule has 1 N–H and O–H groups in total. The Morgan fingerprint density at radius 1 is 1.29 bits per heavy atom. The molecule has 0 radical (unpaired) electrons. The van der Waals surface area contributed by atoms with Gasteiger partial charge < -0.3 is 5.32 Å². The van der Waals surface area contributed by atoms with Crippen molar-refractivity contribution in [2.45, 2.75) is 46.5 Å². The lowest BCUT2D eigenvalue weighted by molar-refractivity contribution is -0.124. The number of ketones is 2. The van der Waals surface area contributed by atoms with E-state index in [0.717, 1.165) is 29.8 Å². The van der Waals surface area contributed by atoms with Crippen LogP contribution in [0.5, 0.6) is 0 Å². The van der Waals surface area contributed by atoms with E-state index in [1.807, 2.05) is 45.0 Å². The number of carbonyl (C=O) groups excluding carboxylic acids is 2. The van der Waals surface area contributed by atoms with E-state index < -0.39 is 5.41 Å². The van der Waals surface area contributed by atoms with Gasteiger partial charge in [-0.2, -0.15) is 0 Å². The smallest absolute Gasteiger partial charge is 0.167 e. The van der Waals surface area contributed by atoms with Gasteiger partial charge >= 0.3 is 0 Å². The van der Waals surface area contributed by atoms with Crippen molar-refractivity contribution in [3.63, 3.8) is 0 Å². The number of hydrogen-bond donors (Lipinski definition) is 1. The molecule has 0 aromatic heterocycles. The first kappa shape index (κ1) is 17.0. The highest BCUT2D eigenvalue weighted by molar-refractivity contribution is 6.31. The highest BCUT2D eigenvalue weighted by atomic mass is 35.5. The Hall–Kier alpha value is -1.87. The zero-order chi connectivity index (χ0) is 17.6. The van der Waals surface area contributed by atoms with Gasteiger partial charge in [-0.3, -0.25) is 9.59 Å². The molecule has 3 rings (SSSR count). The Morgan fingerprint density at radius 3 is 2.58 bits per heavy atom. The molecule has 3 nitrogen and oxygen atoms in total. The molecule has 1 atom stereocenters. The van der Waals surface area contributed by atoms with Gasteiger partial charge in [0.05, 0.1) is 0 Å². The summed E-state index contributed by atoms with van der Waals surface area (Å²) >= 11 is 6.44. The number of halogens is 1. The maximum Gasteiger partial charge on any atom is 0.167 e. The summed E-state index contributed by atoms with van der Waals surface area (Å²) in [5.41, 5.74) is 3.49. The minimum Gasteiger partial charge on any atom is -0.362 e. The van der Waals surface area contributed by atoms with Gasteiger partial charge in [-0.15, -0.1) is 0 Å². The van der Waals surface area contributed by atoms with Crippen LogP contribution in [0.3, 0.4) is 0 Å². The number of benzene rings is 1. The van der Waals surface area contributed by atoms with Crippen molar-refractivity contribution in [1.82, 2.24) is 5.32 Å². The third-order valence-electron chi connectivity index (χ3n) is 5.10. The van der Waals surface area contributed by atoms with Crippen LogP contribution < -0.4 is 5.32 Å². The molecule has 0 fully saturated rings. The van der Waals surface area contributed by atoms with Crippen molar-refractivity contribution in [2.75, 3.05) is 0 Å². The predicted octanol–water partition coefficient (Wildman–Crippen LogP) is 4.53. The number of Topliss-reactive ketones (excluding diaryl/α,β-unsaturated/α-hetero) is 2. The summed E-state index contributed by atoms with van der Waals surface area (Å²) in [6.07, 6.45) is 1.60. The quantitative estimate of drug-likeness (QED) is 0.857. The molecule has 2 aliphatic rings. The summed E-state index contributed by atoms with van der Waals surface area (Å²) in [6, 6.07) is 7.48. The summed E-state index contributed by atoms with van der Waals surface area (Å²) in [7, 11) is 0. The van der Waals surface area contributed by atoms with Crippen molar-refractivity contribution in [1.29, 1.82) is 0 Å². The Morgan fingerprint density at radius 2 is 1.96 bits per heavy atom. The van der Waals surface area contributed by atoms with Crippen LogP contribution in [0.2, 0.25) is 5.02 Å². The summed E-state index contributed by atoms with van der Waals surface area (Å²) < 4.78 is 0. The van der Waals surface area contributed by atoms with Gasteiger partial charge in [-0.05, 0) is 38.3 Å². The molecule has 0 spiro atoms. The standard InChI is InChI=1S/C20H22ClNO2/c1-11-16(12(2)23)17(13-7-5-6-8-14(13)21)18-15(22-11)9-10-20(3,4)19(18)24/h5-8,17,22H,9-10H2,1-4H3. The monoisotopic (exact) mass is 343 g/mol. The van der Waals surface area contributed by atoms with E-state index >= 15 is 0 Å². The first-order valence-electron chi connectivity index (χ1n) is 8.25. The number of nitrogens with one attached hydrogen (secondary N) is 1. The SMILES string of the molecule is CC(=O)C1=C(C)NC2=C(C(=O)C(C)(C)CC2)C1c1ccccc1Cl. The van der Waals surface area contributed by atoms with E-state index in [1.165, 1.54) is 0 Å².